The lowest BCUT2D eigenvalue weighted by atomic mass is 9.70. The average molecular weight is 393 g/mol. The standard InChI is InChI=1S/C20H28F5NO/c21-17-9-14(10-18(22)15(17)11-26)27-20(24,25)16-7-6-13(8-19(16)23)12-4-2-1-3-5-12/h12-19H,1-10H2. The Hall–Kier alpha value is -0.900. The predicted molar refractivity (Wildman–Crippen MR) is 90.3 cm³/mol. The molecule has 27 heavy (non-hydrogen) atoms. The van der Waals surface area contributed by atoms with E-state index in [4.69, 9.17) is 10.00 Å². The molecule has 5 atom stereocenters. The van der Waals surface area contributed by atoms with Crippen molar-refractivity contribution in [3.8, 4) is 6.07 Å². The summed E-state index contributed by atoms with van der Waals surface area (Å²) >= 11 is 0. The fourth-order valence-electron chi connectivity index (χ4n) is 5.24. The highest BCUT2D eigenvalue weighted by molar-refractivity contribution is 4.99. The molecule has 0 aliphatic heterocycles. The summed E-state index contributed by atoms with van der Waals surface area (Å²) in [5.74, 6) is -2.45. The van der Waals surface area contributed by atoms with Crippen molar-refractivity contribution in [2.75, 3.05) is 0 Å². The summed E-state index contributed by atoms with van der Waals surface area (Å²) in [5, 5.41) is 8.75. The van der Waals surface area contributed by atoms with Gasteiger partial charge in [0, 0.05) is 12.8 Å². The molecule has 0 saturated heterocycles. The first-order valence-electron chi connectivity index (χ1n) is 10.2. The van der Waals surface area contributed by atoms with Crippen molar-refractivity contribution in [1.29, 1.82) is 5.26 Å². The molecule has 0 bridgehead atoms. The van der Waals surface area contributed by atoms with Crippen LogP contribution in [0.5, 0.6) is 0 Å². The summed E-state index contributed by atoms with van der Waals surface area (Å²) in [4.78, 5) is 0. The molecule has 3 aliphatic rings. The summed E-state index contributed by atoms with van der Waals surface area (Å²) in [6.07, 6.45) is -5.12. The van der Waals surface area contributed by atoms with Crippen LogP contribution in [0.3, 0.4) is 0 Å². The molecular weight excluding hydrogens is 365 g/mol. The summed E-state index contributed by atoms with van der Waals surface area (Å²) in [5.41, 5.74) is 0. The molecule has 0 heterocycles. The van der Waals surface area contributed by atoms with Crippen LogP contribution in [0.1, 0.15) is 64.2 Å². The van der Waals surface area contributed by atoms with E-state index in [-0.39, 0.29) is 18.8 Å². The van der Waals surface area contributed by atoms with Crippen LogP contribution in [0, 0.1) is 35.0 Å². The number of rotatable bonds is 4. The fraction of sp³-hybridized carbons (Fsp3) is 0.950. The van der Waals surface area contributed by atoms with Crippen molar-refractivity contribution in [1.82, 2.24) is 0 Å². The van der Waals surface area contributed by atoms with Crippen molar-refractivity contribution in [3.05, 3.63) is 0 Å². The third-order valence-electron chi connectivity index (χ3n) is 6.79. The highest BCUT2D eigenvalue weighted by atomic mass is 19.3. The predicted octanol–water partition coefficient (Wildman–Crippen LogP) is 5.91. The molecule has 3 rings (SSSR count). The van der Waals surface area contributed by atoms with E-state index in [9.17, 15) is 22.0 Å². The molecule has 7 heteroatoms. The van der Waals surface area contributed by atoms with Crippen LogP contribution in [0.4, 0.5) is 22.0 Å². The lowest BCUT2D eigenvalue weighted by Crippen LogP contribution is -2.47. The van der Waals surface area contributed by atoms with Crippen molar-refractivity contribution in [2.45, 2.75) is 94.9 Å². The van der Waals surface area contributed by atoms with Crippen LogP contribution >= 0.6 is 0 Å². The van der Waals surface area contributed by atoms with E-state index < -0.39 is 55.4 Å². The monoisotopic (exact) mass is 393 g/mol. The quantitative estimate of drug-likeness (QED) is 0.557. The second kappa shape index (κ2) is 8.63. The molecule has 0 radical (unpaired) electrons. The summed E-state index contributed by atoms with van der Waals surface area (Å²) < 4.78 is 76.2. The number of hydrogen-bond acceptors (Lipinski definition) is 2. The zero-order valence-electron chi connectivity index (χ0n) is 15.4. The summed E-state index contributed by atoms with van der Waals surface area (Å²) in [6, 6.07) is 1.54. The van der Waals surface area contributed by atoms with Gasteiger partial charge < -0.3 is 4.74 Å². The molecular formula is C20H28F5NO. The second-order valence-corrected chi connectivity index (χ2v) is 8.55. The Morgan fingerprint density at radius 2 is 1.41 bits per heavy atom. The Kier molecular flexibility index (Phi) is 6.66. The van der Waals surface area contributed by atoms with Crippen molar-refractivity contribution < 1.29 is 26.7 Å². The number of hydrogen-bond donors (Lipinski definition) is 0. The van der Waals surface area contributed by atoms with E-state index >= 15 is 0 Å². The van der Waals surface area contributed by atoms with E-state index in [0.717, 1.165) is 25.7 Å². The van der Waals surface area contributed by atoms with Gasteiger partial charge in [0.2, 0.25) is 0 Å². The molecule has 3 aliphatic carbocycles. The van der Waals surface area contributed by atoms with Gasteiger partial charge in [0.05, 0.1) is 18.1 Å². The Bertz CT molecular complexity index is 521. The van der Waals surface area contributed by atoms with Crippen LogP contribution in [0.25, 0.3) is 0 Å². The number of nitriles is 1. The molecule has 0 aromatic rings. The van der Waals surface area contributed by atoms with Gasteiger partial charge in [-0.05, 0) is 31.1 Å². The molecule has 5 unspecified atom stereocenters. The summed E-state index contributed by atoms with van der Waals surface area (Å²) in [7, 11) is 0. The van der Waals surface area contributed by atoms with Crippen molar-refractivity contribution >= 4 is 0 Å². The minimum atomic E-state index is -3.75. The van der Waals surface area contributed by atoms with E-state index in [1.165, 1.54) is 6.42 Å². The normalized spacial score (nSPS) is 41.9. The molecule has 0 amide bonds. The third kappa shape index (κ3) is 4.75. The molecule has 0 aromatic heterocycles. The number of nitrogens with zero attached hydrogens (tertiary/aromatic N) is 1. The maximum atomic E-state index is 14.6. The van der Waals surface area contributed by atoms with Gasteiger partial charge in [0.15, 0.2) is 0 Å². The Morgan fingerprint density at radius 1 is 0.778 bits per heavy atom. The van der Waals surface area contributed by atoms with E-state index in [1.807, 2.05) is 0 Å². The number of ether oxygens (including phenoxy) is 1. The molecule has 3 saturated carbocycles. The molecule has 0 aromatic carbocycles. The largest absolute Gasteiger partial charge is 0.361 e. The van der Waals surface area contributed by atoms with E-state index in [1.54, 1.807) is 6.07 Å². The van der Waals surface area contributed by atoms with Gasteiger partial charge in [-0.2, -0.15) is 14.0 Å². The number of alkyl halides is 5. The van der Waals surface area contributed by atoms with E-state index in [2.05, 4.69) is 0 Å². The van der Waals surface area contributed by atoms with Crippen LogP contribution in [0.15, 0.2) is 0 Å². The third-order valence-corrected chi connectivity index (χ3v) is 6.79. The Morgan fingerprint density at radius 3 is 1.96 bits per heavy atom. The van der Waals surface area contributed by atoms with Crippen molar-refractivity contribution in [2.24, 2.45) is 23.7 Å². The lowest BCUT2D eigenvalue weighted by Gasteiger charge is -2.41. The Balaban J connectivity index is 1.56. The number of halogens is 5. The molecule has 3 fully saturated rings. The van der Waals surface area contributed by atoms with Crippen LogP contribution in [-0.4, -0.2) is 30.7 Å². The SMILES string of the molecule is N#CC1C(F)CC(OC(F)(F)C2CCC(C3CCCCC3)CC2F)CC1F. The molecule has 154 valence electrons. The molecule has 2 nitrogen and oxygen atoms in total. The fourth-order valence-corrected chi connectivity index (χ4v) is 5.24. The lowest BCUT2D eigenvalue weighted by molar-refractivity contribution is -0.314. The average Bonchev–Trinajstić information content (AvgIpc) is 2.61. The molecule has 0 N–H and O–H groups in total. The Labute approximate surface area is 157 Å². The molecule has 0 spiro atoms. The van der Waals surface area contributed by atoms with Crippen LogP contribution in [-0.2, 0) is 4.74 Å². The van der Waals surface area contributed by atoms with Gasteiger partial charge in [-0.25, -0.2) is 13.2 Å². The smallest absolute Gasteiger partial charge is 0.317 e. The zero-order chi connectivity index (χ0) is 19.6. The minimum Gasteiger partial charge on any atom is -0.317 e. The summed E-state index contributed by atoms with van der Waals surface area (Å²) in [6.45, 7) is 0. The van der Waals surface area contributed by atoms with Gasteiger partial charge in [-0.3, -0.25) is 0 Å². The van der Waals surface area contributed by atoms with Crippen LogP contribution < -0.4 is 0 Å². The highest BCUT2D eigenvalue weighted by Crippen LogP contribution is 2.47. The second-order valence-electron chi connectivity index (χ2n) is 8.55. The van der Waals surface area contributed by atoms with Crippen molar-refractivity contribution in [3.63, 3.8) is 0 Å². The van der Waals surface area contributed by atoms with E-state index in [0.29, 0.717) is 12.3 Å². The van der Waals surface area contributed by atoms with Gasteiger partial charge in [0.1, 0.15) is 24.4 Å². The van der Waals surface area contributed by atoms with Gasteiger partial charge in [-0.15, -0.1) is 0 Å². The highest BCUT2D eigenvalue weighted by Gasteiger charge is 2.52. The first-order valence-corrected chi connectivity index (χ1v) is 10.2. The maximum absolute atomic E-state index is 14.6. The maximum Gasteiger partial charge on any atom is 0.361 e. The van der Waals surface area contributed by atoms with Crippen LogP contribution in [0.2, 0.25) is 0 Å². The van der Waals surface area contributed by atoms with Gasteiger partial charge in [0.25, 0.3) is 0 Å². The first kappa shape index (κ1) is 20.8. The topological polar surface area (TPSA) is 33.0 Å². The minimum absolute atomic E-state index is 0.0288. The zero-order valence-corrected chi connectivity index (χ0v) is 15.4. The first-order chi connectivity index (χ1) is 12.8. The van der Waals surface area contributed by atoms with Gasteiger partial charge in [-0.1, -0.05) is 32.1 Å². The van der Waals surface area contributed by atoms with Gasteiger partial charge >= 0.3 is 6.11 Å².